The summed E-state index contributed by atoms with van der Waals surface area (Å²) in [4.78, 5) is 17.4. The van der Waals surface area contributed by atoms with E-state index in [1.54, 1.807) is 6.21 Å². The van der Waals surface area contributed by atoms with Crippen molar-refractivity contribution in [2.75, 3.05) is 7.11 Å². The van der Waals surface area contributed by atoms with E-state index in [-0.39, 0.29) is 5.97 Å². The topological polar surface area (TPSA) is 57.1 Å². The highest BCUT2D eigenvalue weighted by molar-refractivity contribution is 6.64. The molecule has 1 aliphatic rings. The van der Waals surface area contributed by atoms with Gasteiger partial charge in [-0.25, -0.2) is 4.79 Å². The molecular formula is C37H28BNO4. The predicted molar refractivity (Wildman–Crippen MR) is 174 cm³/mol. The number of benzene rings is 6. The molecule has 1 atom stereocenters. The Kier molecular flexibility index (Phi) is 7.09. The first-order chi connectivity index (χ1) is 21.2. The van der Waals surface area contributed by atoms with Gasteiger partial charge in [-0.1, -0.05) is 115 Å². The van der Waals surface area contributed by atoms with Crippen LogP contribution in [0.1, 0.15) is 11.1 Å². The summed E-state index contributed by atoms with van der Waals surface area (Å²) in [5, 5.41) is 4.45. The molecule has 0 aromatic heterocycles. The van der Waals surface area contributed by atoms with E-state index in [1.807, 2.05) is 78.9 Å². The lowest BCUT2D eigenvalue weighted by Gasteiger charge is -2.17. The van der Waals surface area contributed by atoms with Crippen LogP contribution in [0.5, 0.6) is 11.5 Å². The van der Waals surface area contributed by atoms with E-state index in [9.17, 15) is 4.79 Å². The third-order valence-electron chi connectivity index (χ3n) is 7.89. The van der Waals surface area contributed by atoms with E-state index < -0.39 is 13.2 Å². The number of carbonyl (C=O) groups is 1. The van der Waals surface area contributed by atoms with Crippen LogP contribution in [0.4, 0.5) is 0 Å². The molecule has 1 heterocycles. The van der Waals surface area contributed by atoms with Gasteiger partial charge >= 0.3 is 13.1 Å². The lowest BCUT2D eigenvalue weighted by molar-refractivity contribution is -0.142. The van der Waals surface area contributed by atoms with E-state index >= 15 is 0 Å². The van der Waals surface area contributed by atoms with Crippen LogP contribution in [-0.2, 0) is 16.0 Å². The Hall–Kier alpha value is -5.36. The summed E-state index contributed by atoms with van der Waals surface area (Å²) in [5.74, 6) is 1.09. The first kappa shape index (κ1) is 26.5. The first-order valence-electron chi connectivity index (χ1n) is 14.3. The van der Waals surface area contributed by atoms with Crippen LogP contribution in [0.25, 0.3) is 32.7 Å². The monoisotopic (exact) mass is 561 g/mol. The SMILES string of the molecule is COC(=O)[C@@H](Cc1ccccc1)N=Cc1ccccc1B1Oc2ccc3ccccc3c2-c2c(ccc3ccccc23)O1. The average molecular weight is 561 g/mol. The van der Waals surface area contributed by atoms with E-state index in [2.05, 4.69) is 48.5 Å². The second-order valence-electron chi connectivity index (χ2n) is 10.5. The molecule has 0 saturated heterocycles. The van der Waals surface area contributed by atoms with Crippen LogP contribution in [0, 0.1) is 0 Å². The van der Waals surface area contributed by atoms with Crippen molar-refractivity contribution in [3.8, 4) is 22.6 Å². The summed E-state index contributed by atoms with van der Waals surface area (Å²) < 4.78 is 18.5. The Labute approximate surface area is 250 Å². The van der Waals surface area contributed by atoms with Crippen molar-refractivity contribution in [1.82, 2.24) is 0 Å². The van der Waals surface area contributed by atoms with Gasteiger partial charge in [-0.05, 0) is 44.8 Å². The third-order valence-corrected chi connectivity index (χ3v) is 7.89. The third kappa shape index (κ3) is 5.12. The normalized spacial score (nSPS) is 13.1. The van der Waals surface area contributed by atoms with Gasteiger partial charge in [0.05, 0.1) is 7.11 Å². The summed E-state index contributed by atoms with van der Waals surface area (Å²) in [7, 11) is 0.634. The minimum atomic E-state index is -0.754. The lowest BCUT2D eigenvalue weighted by atomic mass is 9.75. The van der Waals surface area contributed by atoms with Gasteiger partial charge in [0.15, 0.2) is 6.04 Å². The number of rotatable bonds is 6. The fourth-order valence-electron chi connectivity index (χ4n) is 5.78. The Bertz CT molecular complexity index is 1900. The summed E-state index contributed by atoms with van der Waals surface area (Å²) in [5.41, 5.74) is 4.61. The molecule has 1 aliphatic heterocycles. The Balaban J connectivity index is 1.33. The van der Waals surface area contributed by atoms with E-state index in [1.165, 1.54) is 7.11 Å². The fourth-order valence-corrected chi connectivity index (χ4v) is 5.78. The van der Waals surface area contributed by atoms with Crippen LogP contribution in [0.2, 0.25) is 0 Å². The zero-order chi connectivity index (χ0) is 29.2. The summed E-state index contributed by atoms with van der Waals surface area (Å²) >= 11 is 0. The van der Waals surface area contributed by atoms with Crippen molar-refractivity contribution in [3.63, 3.8) is 0 Å². The average Bonchev–Trinajstić information content (AvgIpc) is 3.24. The molecule has 7 rings (SSSR count). The van der Waals surface area contributed by atoms with Crippen molar-refractivity contribution < 1.29 is 18.8 Å². The van der Waals surface area contributed by atoms with Gasteiger partial charge in [-0.3, -0.25) is 4.99 Å². The summed E-state index contributed by atoms with van der Waals surface area (Å²) in [6.45, 7) is 0. The highest BCUT2D eigenvalue weighted by Crippen LogP contribution is 2.47. The largest absolute Gasteiger partial charge is 0.633 e. The Morgan fingerprint density at radius 2 is 1.28 bits per heavy atom. The molecule has 0 spiro atoms. The Morgan fingerprint density at radius 3 is 1.91 bits per heavy atom. The number of carbonyl (C=O) groups excluding carboxylic acids is 1. The van der Waals surface area contributed by atoms with E-state index in [0.717, 1.165) is 60.8 Å². The van der Waals surface area contributed by atoms with Crippen LogP contribution in [0.3, 0.4) is 0 Å². The number of fused-ring (bicyclic) bond motifs is 7. The van der Waals surface area contributed by atoms with Gasteiger partial charge in [-0.2, -0.15) is 0 Å². The maximum atomic E-state index is 12.7. The predicted octanol–water partition coefficient (Wildman–Crippen LogP) is 7.03. The molecule has 5 nitrogen and oxygen atoms in total. The molecule has 0 N–H and O–H groups in total. The van der Waals surface area contributed by atoms with Gasteiger partial charge in [0.25, 0.3) is 0 Å². The molecule has 0 aliphatic carbocycles. The number of hydrogen-bond acceptors (Lipinski definition) is 5. The smallest absolute Gasteiger partial charge is 0.521 e. The summed E-state index contributed by atoms with van der Waals surface area (Å²) in [6, 6.07) is 41.8. The molecule has 0 fully saturated rings. The van der Waals surface area contributed by atoms with E-state index in [0.29, 0.717) is 6.42 Å². The summed E-state index contributed by atoms with van der Waals surface area (Å²) in [6.07, 6.45) is 2.16. The van der Waals surface area contributed by atoms with Crippen LogP contribution in [0.15, 0.2) is 132 Å². The molecule has 0 amide bonds. The highest BCUT2D eigenvalue weighted by Gasteiger charge is 2.35. The van der Waals surface area contributed by atoms with Crippen molar-refractivity contribution in [3.05, 3.63) is 139 Å². The van der Waals surface area contributed by atoms with Gasteiger partial charge < -0.3 is 14.0 Å². The molecule has 0 unspecified atom stereocenters. The molecule has 0 radical (unpaired) electrons. The van der Waals surface area contributed by atoms with Crippen molar-refractivity contribution in [2.45, 2.75) is 12.5 Å². The number of esters is 1. The van der Waals surface area contributed by atoms with Gasteiger partial charge in [0, 0.05) is 29.2 Å². The quantitative estimate of drug-likeness (QED) is 0.125. The molecule has 0 bridgehead atoms. The molecule has 208 valence electrons. The molecule has 6 aromatic carbocycles. The van der Waals surface area contributed by atoms with Crippen LogP contribution >= 0.6 is 0 Å². The molecule has 43 heavy (non-hydrogen) atoms. The molecule has 0 saturated carbocycles. The fraction of sp³-hybridized carbons (Fsp3) is 0.0811. The van der Waals surface area contributed by atoms with Gasteiger partial charge in [0.2, 0.25) is 0 Å². The number of hydrogen-bond donors (Lipinski definition) is 0. The van der Waals surface area contributed by atoms with Crippen LogP contribution in [-0.4, -0.2) is 32.5 Å². The molecule has 6 aromatic rings. The van der Waals surface area contributed by atoms with Crippen LogP contribution < -0.4 is 14.8 Å². The molecule has 6 heteroatoms. The minimum absolute atomic E-state index is 0.388. The number of nitrogens with zero attached hydrogens (tertiary/aromatic N) is 1. The van der Waals surface area contributed by atoms with Crippen molar-refractivity contribution in [2.24, 2.45) is 4.99 Å². The van der Waals surface area contributed by atoms with Gasteiger partial charge in [-0.15, -0.1) is 0 Å². The first-order valence-corrected chi connectivity index (χ1v) is 14.3. The minimum Gasteiger partial charge on any atom is -0.521 e. The number of ether oxygens (including phenoxy) is 1. The second kappa shape index (κ2) is 11.5. The molecular weight excluding hydrogens is 533 g/mol. The van der Waals surface area contributed by atoms with Crippen molar-refractivity contribution >= 4 is 46.3 Å². The number of aliphatic imine (C=N–C) groups is 1. The highest BCUT2D eigenvalue weighted by atomic mass is 16.6. The van der Waals surface area contributed by atoms with E-state index in [4.69, 9.17) is 19.0 Å². The standard InChI is InChI=1S/C37H28BNO4/c1-41-37(40)32(23-25-11-3-2-4-12-25)39-24-28-15-7-10-18-31(28)38-42-33-21-19-26-13-5-8-16-29(26)35(33)36-30-17-9-6-14-27(30)20-22-34(36)43-38/h2-22,24,32H,23H2,1H3/t32-/m1/s1. The zero-order valence-corrected chi connectivity index (χ0v) is 23.6. The maximum absolute atomic E-state index is 12.7. The second-order valence-corrected chi connectivity index (χ2v) is 10.5. The Morgan fingerprint density at radius 1 is 0.721 bits per heavy atom. The van der Waals surface area contributed by atoms with Gasteiger partial charge in [0.1, 0.15) is 11.5 Å². The number of methoxy groups -OCH3 is 1. The van der Waals surface area contributed by atoms with Crippen molar-refractivity contribution in [1.29, 1.82) is 0 Å². The maximum Gasteiger partial charge on any atom is 0.633 e. The lowest BCUT2D eigenvalue weighted by Crippen LogP contribution is -2.44. The zero-order valence-electron chi connectivity index (χ0n) is 23.6.